The maximum absolute atomic E-state index is 12.7. The SMILES string of the molecule is CS(=O)(=O)NCC(=O)N1CCCC[C@H]1c1nc(N)ncc1-c1cccc(Cl)c1. The average Bonchev–Trinajstić information content (AvgIpc) is 2.65. The van der Waals surface area contributed by atoms with E-state index in [9.17, 15) is 13.2 Å². The summed E-state index contributed by atoms with van der Waals surface area (Å²) in [4.78, 5) is 22.9. The van der Waals surface area contributed by atoms with Gasteiger partial charge in [-0.05, 0) is 37.0 Å². The maximum Gasteiger partial charge on any atom is 0.238 e. The van der Waals surface area contributed by atoms with Crippen molar-refractivity contribution in [3.63, 3.8) is 0 Å². The molecule has 1 amide bonds. The lowest BCUT2D eigenvalue weighted by molar-refractivity contribution is -0.133. The van der Waals surface area contributed by atoms with E-state index in [1.54, 1.807) is 23.2 Å². The van der Waals surface area contributed by atoms with Crippen molar-refractivity contribution in [2.24, 2.45) is 0 Å². The molecule has 1 aromatic carbocycles. The number of likely N-dealkylation sites (tertiary alicyclic amines) is 1. The second-order valence-electron chi connectivity index (χ2n) is 6.73. The van der Waals surface area contributed by atoms with Gasteiger partial charge in [0.1, 0.15) is 0 Å². The molecule has 28 heavy (non-hydrogen) atoms. The predicted octanol–water partition coefficient (Wildman–Crippen LogP) is 1.98. The molecule has 1 aliphatic rings. The number of nitrogen functional groups attached to an aromatic ring is 1. The quantitative estimate of drug-likeness (QED) is 0.759. The van der Waals surface area contributed by atoms with Crippen LogP contribution in [0.2, 0.25) is 5.02 Å². The molecule has 0 aliphatic carbocycles. The minimum Gasteiger partial charge on any atom is -0.368 e. The Morgan fingerprint density at radius 2 is 2.18 bits per heavy atom. The molecule has 0 radical (unpaired) electrons. The molecule has 2 aromatic rings. The summed E-state index contributed by atoms with van der Waals surface area (Å²) >= 11 is 6.13. The molecule has 1 saturated heterocycles. The summed E-state index contributed by atoms with van der Waals surface area (Å²) in [5.74, 6) is -0.183. The highest BCUT2D eigenvalue weighted by Gasteiger charge is 2.31. The van der Waals surface area contributed by atoms with E-state index in [2.05, 4.69) is 14.7 Å². The number of aromatic nitrogens is 2. The Morgan fingerprint density at radius 3 is 2.89 bits per heavy atom. The number of benzene rings is 1. The first-order valence-electron chi connectivity index (χ1n) is 8.87. The molecule has 0 saturated carbocycles. The van der Waals surface area contributed by atoms with Crippen LogP contribution < -0.4 is 10.5 Å². The van der Waals surface area contributed by atoms with E-state index in [0.717, 1.165) is 30.2 Å². The molecular formula is C18H22ClN5O3S. The van der Waals surface area contributed by atoms with E-state index in [0.29, 0.717) is 23.7 Å². The van der Waals surface area contributed by atoms with Crippen molar-refractivity contribution < 1.29 is 13.2 Å². The van der Waals surface area contributed by atoms with Crippen LogP contribution in [0.25, 0.3) is 11.1 Å². The van der Waals surface area contributed by atoms with E-state index < -0.39 is 10.0 Å². The molecule has 1 aromatic heterocycles. The van der Waals surface area contributed by atoms with Crippen LogP contribution in [0, 0.1) is 0 Å². The van der Waals surface area contributed by atoms with Gasteiger partial charge in [0.2, 0.25) is 21.9 Å². The minimum atomic E-state index is -3.46. The lowest BCUT2D eigenvalue weighted by Crippen LogP contribution is -2.44. The number of hydrogen-bond donors (Lipinski definition) is 2. The molecule has 10 heteroatoms. The van der Waals surface area contributed by atoms with Crippen LogP contribution in [0.5, 0.6) is 0 Å². The Morgan fingerprint density at radius 1 is 1.39 bits per heavy atom. The Balaban J connectivity index is 1.97. The van der Waals surface area contributed by atoms with Crippen molar-refractivity contribution in [2.75, 3.05) is 25.1 Å². The van der Waals surface area contributed by atoms with Crippen LogP contribution in [0.15, 0.2) is 30.5 Å². The minimum absolute atomic E-state index is 0.119. The second kappa shape index (κ2) is 8.42. The van der Waals surface area contributed by atoms with Crippen LogP contribution in [-0.2, 0) is 14.8 Å². The van der Waals surface area contributed by atoms with Gasteiger partial charge in [-0.1, -0.05) is 23.7 Å². The van der Waals surface area contributed by atoms with E-state index in [4.69, 9.17) is 17.3 Å². The fourth-order valence-electron chi connectivity index (χ4n) is 3.35. The van der Waals surface area contributed by atoms with Crippen molar-refractivity contribution in [1.82, 2.24) is 19.6 Å². The van der Waals surface area contributed by atoms with Gasteiger partial charge in [-0.15, -0.1) is 0 Å². The summed E-state index contributed by atoms with van der Waals surface area (Å²) in [6, 6.07) is 6.99. The van der Waals surface area contributed by atoms with Crippen molar-refractivity contribution >= 4 is 33.5 Å². The van der Waals surface area contributed by atoms with Crippen molar-refractivity contribution in [3.8, 4) is 11.1 Å². The number of carbonyl (C=O) groups is 1. The topological polar surface area (TPSA) is 118 Å². The monoisotopic (exact) mass is 423 g/mol. The zero-order chi connectivity index (χ0) is 20.3. The van der Waals surface area contributed by atoms with E-state index in [1.807, 2.05) is 12.1 Å². The molecule has 1 aliphatic heterocycles. The van der Waals surface area contributed by atoms with Crippen molar-refractivity contribution in [3.05, 3.63) is 41.2 Å². The molecule has 2 heterocycles. The van der Waals surface area contributed by atoms with Crippen LogP contribution in [0.1, 0.15) is 31.0 Å². The third-order valence-electron chi connectivity index (χ3n) is 4.60. The number of nitrogens with two attached hydrogens (primary N) is 1. The number of nitrogens with zero attached hydrogens (tertiary/aromatic N) is 3. The molecule has 1 fully saturated rings. The summed E-state index contributed by atoms with van der Waals surface area (Å²) in [6.07, 6.45) is 5.13. The number of sulfonamides is 1. The third-order valence-corrected chi connectivity index (χ3v) is 5.50. The molecule has 150 valence electrons. The lowest BCUT2D eigenvalue weighted by Gasteiger charge is -2.36. The Kier molecular flexibility index (Phi) is 6.17. The van der Waals surface area contributed by atoms with Crippen LogP contribution in [-0.4, -0.2) is 48.5 Å². The largest absolute Gasteiger partial charge is 0.368 e. The number of nitrogens with one attached hydrogen (secondary N) is 1. The first-order chi connectivity index (χ1) is 13.2. The lowest BCUT2D eigenvalue weighted by atomic mass is 9.93. The Hall–Kier alpha value is -2.23. The summed E-state index contributed by atoms with van der Waals surface area (Å²) in [7, 11) is -3.46. The van der Waals surface area contributed by atoms with Crippen LogP contribution in [0.3, 0.4) is 0 Å². The number of rotatable bonds is 5. The second-order valence-corrected chi connectivity index (χ2v) is 9.00. The van der Waals surface area contributed by atoms with Gasteiger partial charge in [0.15, 0.2) is 0 Å². The van der Waals surface area contributed by atoms with Crippen LogP contribution >= 0.6 is 11.6 Å². The molecule has 1 atom stereocenters. The van der Waals surface area contributed by atoms with E-state index in [-0.39, 0.29) is 24.4 Å². The highest BCUT2D eigenvalue weighted by atomic mass is 35.5. The summed E-state index contributed by atoms with van der Waals surface area (Å²) in [5.41, 5.74) is 8.05. The van der Waals surface area contributed by atoms with Crippen LogP contribution in [0.4, 0.5) is 5.95 Å². The van der Waals surface area contributed by atoms with Gasteiger partial charge in [-0.25, -0.2) is 23.1 Å². The van der Waals surface area contributed by atoms with Gasteiger partial charge in [0.05, 0.1) is 24.5 Å². The maximum atomic E-state index is 12.7. The Bertz CT molecular complexity index is 983. The standard InChI is InChI=1S/C18H22ClN5O3S/c1-28(26,27)22-11-16(25)24-8-3-2-7-15(24)17-14(10-21-18(20)23-17)12-5-4-6-13(19)9-12/h4-6,9-10,15,22H,2-3,7-8,11H2,1H3,(H2,20,21,23)/t15-/m0/s1. The van der Waals surface area contributed by atoms with Gasteiger partial charge in [0, 0.05) is 23.3 Å². The normalized spacial score (nSPS) is 17.5. The molecule has 0 bridgehead atoms. The van der Waals surface area contributed by atoms with Gasteiger partial charge >= 0.3 is 0 Å². The summed E-state index contributed by atoms with van der Waals surface area (Å²) < 4.78 is 25.0. The molecule has 3 rings (SSSR count). The highest BCUT2D eigenvalue weighted by Crippen LogP contribution is 2.36. The fourth-order valence-corrected chi connectivity index (χ4v) is 3.93. The van der Waals surface area contributed by atoms with Gasteiger partial charge in [-0.3, -0.25) is 4.79 Å². The molecule has 0 spiro atoms. The summed E-state index contributed by atoms with van der Waals surface area (Å²) in [6.45, 7) is 0.232. The van der Waals surface area contributed by atoms with Crippen molar-refractivity contribution in [1.29, 1.82) is 0 Å². The summed E-state index contributed by atoms with van der Waals surface area (Å²) in [5, 5.41) is 0.578. The zero-order valence-corrected chi connectivity index (χ0v) is 17.0. The Labute approximate surface area is 169 Å². The third kappa shape index (κ3) is 4.98. The zero-order valence-electron chi connectivity index (χ0n) is 15.4. The number of anilines is 1. The predicted molar refractivity (Wildman–Crippen MR) is 108 cm³/mol. The van der Waals surface area contributed by atoms with Crippen molar-refractivity contribution in [2.45, 2.75) is 25.3 Å². The first-order valence-corrected chi connectivity index (χ1v) is 11.1. The molecule has 8 nitrogen and oxygen atoms in total. The highest BCUT2D eigenvalue weighted by molar-refractivity contribution is 7.88. The smallest absolute Gasteiger partial charge is 0.238 e. The van der Waals surface area contributed by atoms with Gasteiger partial charge in [0.25, 0.3) is 0 Å². The number of amides is 1. The number of carbonyl (C=O) groups excluding carboxylic acids is 1. The van der Waals surface area contributed by atoms with Gasteiger partial charge < -0.3 is 10.6 Å². The fraction of sp³-hybridized carbons (Fsp3) is 0.389. The first kappa shape index (κ1) is 20.5. The average molecular weight is 424 g/mol. The van der Waals surface area contributed by atoms with E-state index >= 15 is 0 Å². The molecule has 3 N–H and O–H groups in total. The molecular weight excluding hydrogens is 402 g/mol. The van der Waals surface area contributed by atoms with E-state index in [1.165, 1.54) is 0 Å². The molecule has 0 unspecified atom stereocenters. The van der Waals surface area contributed by atoms with Gasteiger partial charge in [-0.2, -0.15) is 0 Å². The number of piperidine rings is 1. The number of halogens is 1. The number of hydrogen-bond acceptors (Lipinski definition) is 6.